The summed E-state index contributed by atoms with van der Waals surface area (Å²) in [6.45, 7) is 1.18. The minimum atomic E-state index is -0.628. The first-order valence-electron chi connectivity index (χ1n) is 10.7. The van der Waals surface area contributed by atoms with Gasteiger partial charge in [0.25, 0.3) is 5.69 Å². The zero-order chi connectivity index (χ0) is 24.4. The van der Waals surface area contributed by atoms with Gasteiger partial charge in [-0.1, -0.05) is 18.2 Å². The third kappa shape index (κ3) is 4.67. The Kier molecular flexibility index (Phi) is 6.42. The van der Waals surface area contributed by atoms with E-state index >= 15 is 0 Å². The summed E-state index contributed by atoms with van der Waals surface area (Å²) in [6.07, 6.45) is 3.54. The van der Waals surface area contributed by atoms with Crippen molar-refractivity contribution in [3.63, 3.8) is 0 Å². The molecule has 1 N–H and O–H groups in total. The Morgan fingerprint density at radius 3 is 2.65 bits per heavy atom. The Bertz CT molecular complexity index is 1350. The topological polar surface area (TPSA) is 92.4 Å². The van der Waals surface area contributed by atoms with Crippen molar-refractivity contribution in [2.45, 2.75) is 0 Å². The van der Waals surface area contributed by atoms with E-state index in [1.54, 1.807) is 24.2 Å². The lowest BCUT2D eigenvalue weighted by molar-refractivity contribution is -0.384. The molecule has 0 aliphatic heterocycles. The van der Waals surface area contributed by atoms with Gasteiger partial charge in [0.15, 0.2) is 0 Å². The van der Waals surface area contributed by atoms with E-state index in [0.29, 0.717) is 18.8 Å². The molecule has 10 heteroatoms. The van der Waals surface area contributed by atoms with Gasteiger partial charge in [0, 0.05) is 68.2 Å². The number of hydrogen-bond donors (Lipinski definition) is 1. The molecule has 2 heterocycles. The number of nitrogens with zero attached hydrogens (tertiary/aromatic N) is 6. The van der Waals surface area contributed by atoms with Crippen molar-refractivity contribution in [1.29, 1.82) is 0 Å². The monoisotopic (exact) mass is 463 g/mol. The fourth-order valence-electron chi connectivity index (χ4n) is 3.80. The lowest BCUT2D eigenvalue weighted by Gasteiger charge is -2.22. The maximum absolute atomic E-state index is 15.0. The van der Waals surface area contributed by atoms with E-state index in [1.807, 2.05) is 61.1 Å². The third-order valence-electron chi connectivity index (χ3n) is 5.63. The predicted molar refractivity (Wildman–Crippen MR) is 132 cm³/mol. The molecule has 0 saturated carbocycles. The number of hydrogen-bond acceptors (Lipinski definition) is 7. The summed E-state index contributed by atoms with van der Waals surface area (Å²) in [7, 11) is 7.47. The second-order valence-corrected chi connectivity index (χ2v) is 8.36. The average molecular weight is 464 g/mol. The fourth-order valence-corrected chi connectivity index (χ4v) is 3.80. The van der Waals surface area contributed by atoms with Gasteiger partial charge in [0.2, 0.25) is 5.95 Å². The van der Waals surface area contributed by atoms with Crippen LogP contribution in [0.2, 0.25) is 0 Å². The number of likely N-dealkylation sites (N-methyl/N-ethyl adjacent to an activating group) is 2. The molecule has 2 aromatic heterocycles. The highest BCUT2D eigenvalue weighted by atomic mass is 19.1. The molecule has 34 heavy (non-hydrogen) atoms. The van der Waals surface area contributed by atoms with Crippen LogP contribution in [0.1, 0.15) is 0 Å². The van der Waals surface area contributed by atoms with E-state index in [1.165, 1.54) is 12.1 Å². The van der Waals surface area contributed by atoms with E-state index < -0.39 is 10.7 Å². The van der Waals surface area contributed by atoms with Crippen molar-refractivity contribution in [3.8, 4) is 11.3 Å². The zero-order valence-corrected chi connectivity index (χ0v) is 19.5. The molecule has 0 spiro atoms. The zero-order valence-electron chi connectivity index (χ0n) is 19.5. The first-order valence-corrected chi connectivity index (χ1v) is 10.7. The predicted octanol–water partition coefficient (Wildman–Crippen LogP) is 4.42. The van der Waals surface area contributed by atoms with E-state index in [9.17, 15) is 14.5 Å². The van der Waals surface area contributed by atoms with Crippen LogP contribution in [0, 0.1) is 15.9 Å². The van der Waals surface area contributed by atoms with Crippen molar-refractivity contribution >= 4 is 33.9 Å². The normalized spacial score (nSPS) is 11.2. The fraction of sp³-hybridized carbons (Fsp3) is 0.250. The Morgan fingerprint density at radius 1 is 1.15 bits per heavy atom. The number of aryl methyl sites for hydroxylation is 1. The Morgan fingerprint density at radius 2 is 1.91 bits per heavy atom. The Labute approximate surface area is 196 Å². The molecule has 176 valence electrons. The van der Waals surface area contributed by atoms with Crippen LogP contribution in [0.25, 0.3) is 22.2 Å². The van der Waals surface area contributed by atoms with Gasteiger partial charge in [-0.05, 0) is 26.2 Å². The van der Waals surface area contributed by atoms with Gasteiger partial charge in [-0.25, -0.2) is 14.4 Å². The third-order valence-corrected chi connectivity index (χ3v) is 5.63. The second-order valence-electron chi connectivity index (χ2n) is 8.36. The molecule has 0 unspecified atom stereocenters. The minimum absolute atomic E-state index is 0.0634. The van der Waals surface area contributed by atoms with Gasteiger partial charge in [0.1, 0.15) is 11.5 Å². The molecule has 0 atom stereocenters. The maximum Gasteiger partial charge on any atom is 0.294 e. The molecule has 2 aromatic carbocycles. The summed E-state index contributed by atoms with van der Waals surface area (Å²) in [5.74, 6) is -0.483. The van der Waals surface area contributed by atoms with Gasteiger partial charge in [-0.2, -0.15) is 0 Å². The van der Waals surface area contributed by atoms with Crippen molar-refractivity contribution in [3.05, 3.63) is 70.8 Å². The highest BCUT2D eigenvalue weighted by Gasteiger charge is 2.22. The summed E-state index contributed by atoms with van der Waals surface area (Å²) in [5, 5.41) is 15.6. The number of nitro groups is 1. The number of nitro benzene ring substituents is 1. The maximum atomic E-state index is 15.0. The van der Waals surface area contributed by atoms with Crippen LogP contribution >= 0.6 is 0 Å². The number of anilines is 3. The minimum Gasteiger partial charge on any atom is -0.368 e. The lowest BCUT2D eigenvalue weighted by atomic mass is 10.1. The number of rotatable bonds is 8. The van der Waals surface area contributed by atoms with Crippen molar-refractivity contribution in [1.82, 2.24) is 19.4 Å². The van der Waals surface area contributed by atoms with E-state index in [4.69, 9.17) is 0 Å². The number of aromatic nitrogens is 3. The summed E-state index contributed by atoms with van der Waals surface area (Å²) in [6, 6.07) is 12.1. The molecular weight excluding hydrogens is 437 g/mol. The van der Waals surface area contributed by atoms with Crippen LogP contribution in [0.4, 0.5) is 27.4 Å². The molecule has 0 amide bonds. The smallest absolute Gasteiger partial charge is 0.294 e. The molecule has 4 rings (SSSR count). The lowest BCUT2D eigenvalue weighted by Crippen LogP contribution is -2.29. The van der Waals surface area contributed by atoms with Crippen LogP contribution in [0.15, 0.2) is 54.9 Å². The molecule has 0 saturated heterocycles. The highest BCUT2D eigenvalue weighted by molar-refractivity contribution is 5.95. The van der Waals surface area contributed by atoms with Crippen molar-refractivity contribution in [2.75, 3.05) is 44.4 Å². The summed E-state index contributed by atoms with van der Waals surface area (Å²) < 4.78 is 17.0. The largest absolute Gasteiger partial charge is 0.368 e. The van der Waals surface area contributed by atoms with Crippen LogP contribution in [-0.4, -0.2) is 58.6 Å². The molecule has 4 aromatic rings. The van der Waals surface area contributed by atoms with Gasteiger partial charge in [-0.3, -0.25) is 10.1 Å². The molecule has 0 radical (unpaired) electrons. The molecule has 0 fully saturated rings. The molecule has 0 aliphatic rings. The average Bonchev–Trinajstić information content (AvgIpc) is 3.15. The van der Waals surface area contributed by atoms with E-state index in [2.05, 4.69) is 15.3 Å². The first-order chi connectivity index (χ1) is 16.2. The Hall–Kier alpha value is -4.05. The Balaban J connectivity index is 1.66. The van der Waals surface area contributed by atoms with Gasteiger partial charge in [-0.15, -0.1) is 0 Å². The first kappa shape index (κ1) is 23.1. The number of para-hydroxylation sites is 1. The molecule has 0 aliphatic carbocycles. The van der Waals surface area contributed by atoms with Crippen LogP contribution < -0.4 is 10.2 Å². The summed E-state index contributed by atoms with van der Waals surface area (Å²) >= 11 is 0. The highest BCUT2D eigenvalue weighted by Crippen LogP contribution is 2.34. The summed E-state index contributed by atoms with van der Waals surface area (Å²) in [5.41, 5.74) is 2.57. The van der Waals surface area contributed by atoms with Crippen LogP contribution in [0.5, 0.6) is 0 Å². The number of halogens is 1. The number of nitrogens with one attached hydrogen (secondary N) is 1. The SMILES string of the molecule is CN(C)CCN(C)c1cc(F)c(Nc2nccc(-c3cn(C)c4ccccc34)n2)cc1[N+](=O)[O-]. The van der Waals surface area contributed by atoms with Crippen molar-refractivity contribution in [2.24, 2.45) is 7.05 Å². The number of fused-ring (bicyclic) bond motifs is 1. The van der Waals surface area contributed by atoms with Crippen molar-refractivity contribution < 1.29 is 9.31 Å². The number of benzene rings is 2. The quantitative estimate of drug-likeness (QED) is 0.305. The standard InChI is InChI=1S/C24H26FN7O2/c1-29(2)11-12-30(3)22-13-18(25)20(14-23(22)32(33)34)28-24-26-10-9-19(27-24)17-15-31(4)21-8-6-5-7-16(17)21/h5-10,13-15H,11-12H2,1-4H3,(H,26,27,28). The van der Waals surface area contributed by atoms with E-state index in [0.717, 1.165) is 16.5 Å². The van der Waals surface area contributed by atoms with Gasteiger partial charge in [0.05, 0.1) is 16.3 Å². The van der Waals surface area contributed by atoms with Crippen LogP contribution in [0.3, 0.4) is 0 Å². The summed E-state index contributed by atoms with van der Waals surface area (Å²) in [4.78, 5) is 23.6. The van der Waals surface area contributed by atoms with E-state index in [-0.39, 0.29) is 23.0 Å². The second kappa shape index (κ2) is 9.44. The molecule has 9 nitrogen and oxygen atoms in total. The van der Waals surface area contributed by atoms with Crippen LogP contribution in [-0.2, 0) is 7.05 Å². The molecule has 0 bridgehead atoms. The van der Waals surface area contributed by atoms with Gasteiger partial charge < -0.3 is 19.7 Å². The molecular formula is C24H26FN7O2. The van der Waals surface area contributed by atoms with Gasteiger partial charge >= 0.3 is 0 Å².